The van der Waals surface area contributed by atoms with E-state index in [0.717, 1.165) is 0 Å². The van der Waals surface area contributed by atoms with E-state index in [0.29, 0.717) is 22.3 Å². The summed E-state index contributed by atoms with van der Waals surface area (Å²) in [5.41, 5.74) is 7.95. The Morgan fingerprint density at radius 3 is 2.63 bits per heavy atom. The van der Waals surface area contributed by atoms with E-state index in [4.69, 9.17) is 10.2 Å². The maximum Gasteiger partial charge on any atom is 0.287 e. The van der Waals surface area contributed by atoms with Crippen LogP contribution in [0.1, 0.15) is 22.2 Å². The Labute approximate surface area is 170 Å². The van der Waals surface area contributed by atoms with Gasteiger partial charge >= 0.3 is 0 Å². The number of nitrogens with one attached hydrogen (secondary N) is 3. The smallest absolute Gasteiger partial charge is 0.287 e. The minimum atomic E-state index is -1.56. The van der Waals surface area contributed by atoms with Crippen LogP contribution in [-0.2, 0) is 4.79 Å². The van der Waals surface area contributed by atoms with Crippen molar-refractivity contribution in [3.8, 4) is 0 Å². The molecule has 0 bridgehead atoms. The number of benzene rings is 2. The van der Waals surface area contributed by atoms with Gasteiger partial charge in [-0.3, -0.25) is 9.59 Å². The highest BCUT2D eigenvalue weighted by atomic mass is 16.3. The first kappa shape index (κ1) is 19.2. The number of fused-ring (bicyclic) bond motifs is 1. The van der Waals surface area contributed by atoms with Gasteiger partial charge in [0.2, 0.25) is 0 Å². The van der Waals surface area contributed by atoms with E-state index in [1.54, 1.807) is 54.6 Å². The van der Waals surface area contributed by atoms with Crippen LogP contribution in [0.3, 0.4) is 0 Å². The van der Waals surface area contributed by atoms with E-state index in [1.165, 1.54) is 12.3 Å². The van der Waals surface area contributed by atoms with E-state index in [9.17, 15) is 14.7 Å². The predicted molar refractivity (Wildman–Crippen MR) is 110 cm³/mol. The molecule has 0 fully saturated rings. The van der Waals surface area contributed by atoms with Crippen LogP contribution in [0.2, 0.25) is 0 Å². The lowest BCUT2D eigenvalue weighted by molar-refractivity contribution is -0.125. The largest absolute Gasteiger partial charge is 0.459 e. The zero-order valence-corrected chi connectivity index (χ0v) is 15.7. The molecule has 2 heterocycles. The van der Waals surface area contributed by atoms with Gasteiger partial charge in [0.1, 0.15) is 0 Å². The SMILES string of the molecule is Nc1nc2ccc(NC(=O)C(O)C(NC(=O)c3ccco3)c3ccccc3)cc2[nH]1. The average molecular weight is 405 g/mol. The first-order chi connectivity index (χ1) is 14.5. The van der Waals surface area contributed by atoms with Crippen LogP contribution in [0.5, 0.6) is 0 Å². The zero-order valence-electron chi connectivity index (χ0n) is 15.7. The highest BCUT2D eigenvalue weighted by molar-refractivity contribution is 5.97. The van der Waals surface area contributed by atoms with Gasteiger partial charge in [-0.1, -0.05) is 30.3 Å². The van der Waals surface area contributed by atoms with Gasteiger partial charge in [-0.15, -0.1) is 0 Å². The van der Waals surface area contributed by atoms with Crippen LogP contribution in [0.25, 0.3) is 11.0 Å². The highest BCUT2D eigenvalue weighted by Crippen LogP contribution is 2.22. The topological polar surface area (TPSA) is 146 Å². The lowest BCUT2D eigenvalue weighted by Crippen LogP contribution is -2.42. The summed E-state index contributed by atoms with van der Waals surface area (Å²) < 4.78 is 5.10. The first-order valence-corrected chi connectivity index (χ1v) is 9.15. The molecule has 9 nitrogen and oxygen atoms in total. The number of aliphatic hydroxyl groups is 1. The highest BCUT2D eigenvalue weighted by Gasteiger charge is 2.30. The molecule has 4 aromatic rings. The number of nitrogens with two attached hydrogens (primary N) is 1. The molecule has 4 rings (SSSR count). The van der Waals surface area contributed by atoms with Crippen molar-refractivity contribution >= 4 is 34.5 Å². The fourth-order valence-electron chi connectivity index (χ4n) is 3.10. The van der Waals surface area contributed by atoms with Crippen LogP contribution < -0.4 is 16.4 Å². The number of aromatic amines is 1. The monoisotopic (exact) mass is 405 g/mol. The van der Waals surface area contributed by atoms with Gasteiger partial charge in [0.15, 0.2) is 17.8 Å². The molecule has 30 heavy (non-hydrogen) atoms. The molecule has 2 aromatic carbocycles. The van der Waals surface area contributed by atoms with E-state index in [-0.39, 0.29) is 11.7 Å². The molecule has 2 amide bonds. The van der Waals surface area contributed by atoms with Gasteiger partial charge < -0.3 is 30.9 Å². The third-order valence-corrected chi connectivity index (χ3v) is 4.54. The number of imidazole rings is 1. The normalized spacial score (nSPS) is 13.0. The molecule has 2 atom stereocenters. The summed E-state index contributed by atoms with van der Waals surface area (Å²) in [5, 5.41) is 16.1. The van der Waals surface area contributed by atoms with Gasteiger partial charge in [0, 0.05) is 5.69 Å². The number of aromatic nitrogens is 2. The van der Waals surface area contributed by atoms with Gasteiger partial charge in [0.25, 0.3) is 11.8 Å². The third-order valence-electron chi connectivity index (χ3n) is 4.54. The fraction of sp³-hybridized carbons (Fsp3) is 0.0952. The summed E-state index contributed by atoms with van der Waals surface area (Å²) in [4.78, 5) is 32.2. The number of nitrogens with zero attached hydrogens (tertiary/aromatic N) is 1. The quantitative estimate of drug-likeness (QED) is 0.332. The van der Waals surface area contributed by atoms with Gasteiger partial charge in [-0.05, 0) is 35.9 Å². The van der Waals surface area contributed by atoms with Crippen LogP contribution >= 0.6 is 0 Å². The number of amides is 2. The van der Waals surface area contributed by atoms with Crippen molar-refractivity contribution in [2.45, 2.75) is 12.1 Å². The number of furan rings is 1. The number of carbonyl (C=O) groups excluding carboxylic acids is 2. The Kier molecular flexibility index (Phi) is 5.19. The van der Waals surface area contributed by atoms with Gasteiger partial charge in [-0.2, -0.15) is 0 Å². The molecule has 0 radical (unpaired) electrons. The number of aliphatic hydroxyl groups excluding tert-OH is 1. The zero-order chi connectivity index (χ0) is 21.1. The van der Waals surface area contributed by atoms with Crippen molar-refractivity contribution < 1.29 is 19.1 Å². The number of rotatable bonds is 6. The van der Waals surface area contributed by atoms with E-state index in [1.807, 2.05) is 0 Å². The third kappa shape index (κ3) is 4.01. The summed E-state index contributed by atoms with van der Waals surface area (Å²) in [5.74, 6) is -0.894. The summed E-state index contributed by atoms with van der Waals surface area (Å²) in [6, 6.07) is 15.8. The van der Waals surface area contributed by atoms with Crippen molar-refractivity contribution in [1.29, 1.82) is 0 Å². The van der Waals surface area contributed by atoms with Crippen LogP contribution in [0.15, 0.2) is 71.3 Å². The van der Waals surface area contributed by atoms with Crippen molar-refractivity contribution in [1.82, 2.24) is 15.3 Å². The summed E-state index contributed by atoms with van der Waals surface area (Å²) in [7, 11) is 0. The first-order valence-electron chi connectivity index (χ1n) is 9.15. The number of hydrogen-bond donors (Lipinski definition) is 5. The minimum absolute atomic E-state index is 0.0748. The Morgan fingerprint density at radius 2 is 1.90 bits per heavy atom. The number of anilines is 2. The number of H-pyrrole nitrogens is 1. The Morgan fingerprint density at radius 1 is 1.10 bits per heavy atom. The molecule has 6 N–H and O–H groups in total. The molecule has 0 aliphatic rings. The second-order valence-electron chi connectivity index (χ2n) is 6.63. The molecule has 2 aromatic heterocycles. The second-order valence-corrected chi connectivity index (χ2v) is 6.63. The summed E-state index contributed by atoms with van der Waals surface area (Å²) >= 11 is 0. The van der Waals surface area contributed by atoms with Crippen molar-refractivity contribution in [3.05, 3.63) is 78.3 Å². The summed E-state index contributed by atoms with van der Waals surface area (Å²) in [6.07, 6.45) is -0.192. The Hall–Kier alpha value is -4.11. The number of hydrogen-bond acceptors (Lipinski definition) is 6. The van der Waals surface area contributed by atoms with E-state index < -0.39 is 24.0 Å². The molecule has 0 aliphatic carbocycles. The van der Waals surface area contributed by atoms with Crippen molar-refractivity contribution in [3.63, 3.8) is 0 Å². The second kappa shape index (κ2) is 8.10. The van der Waals surface area contributed by atoms with Crippen molar-refractivity contribution in [2.24, 2.45) is 0 Å². The number of carbonyl (C=O) groups is 2. The van der Waals surface area contributed by atoms with Crippen LogP contribution in [-0.4, -0.2) is 33.0 Å². The van der Waals surface area contributed by atoms with Gasteiger partial charge in [0.05, 0.1) is 23.3 Å². The molecule has 2 unspecified atom stereocenters. The van der Waals surface area contributed by atoms with Crippen LogP contribution in [0.4, 0.5) is 11.6 Å². The fourth-order valence-corrected chi connectivity index (χ4v) is 3.10. The molecular weight excluding hydrogens is 386 g/mol. The molecule has 9 heteroatoms. The average Bonchev–Trinajstić information content (AvgIpc) is 3.40. The molecule has 0 aliphatic heterocycles. The molecular formula is C21H19N5O4. The minimum Gasteiger partial charge on any atom is -0.459 e. The summed E-state index contributed by atoms with van der Waals surface area (Å²) in [6.45, 7) is 0. The predicted octanol–water partition coefficient (Wildman–Crippen LogP) is 2.21. The molecule has 152 valence electrons. The van der Waals surface area contributed by atoms with E-state index >= 15 is 0 Å². The molecule has 0 saturated carbocycles. The van der Waals surface area contributed by atoms with Crippen molar-refractivity contribution in [2.75, 3.05) is 11.1 Å². The number of nitrogen functional groups attached to an aromatic ring is 1. The standard InChI is InChI=1S/C21H19N5O4/c22-21-24-14-9-8-13(11-15(14)25-21)23-20(29)18(27)17(12-5-2-1-3-6-12)26-19(28)16-7-4-10-30-16/h1-11,17-18,27H,(H,23,29)(H,26,28)(H3,22,24,25). The Balaban J connectivity index is 1.55. The van der Waals surface area contributed by atoms with Gasteiger partial charge in [-0.25, -0.2) is 4.98 Å². The van der Waals surface area contributed by atoms with Crippen LogP contribution in [0, 0.1) is 0 Å². The molecule has 0 saturated heterocycles. The maximum absolute atomic E-state index is 12.8. The lowest BCUT2D eigenvalue weighted by atomic mass is 10.0. The maximum atomic E-state index is 12.8. The Bertz CT molecular complexity index is 1170. The lowest BCUT2D eigenvalue weighted by Gasteiger charge is -2.23. The molecule has 0 spiro atoms. The van der Waals surface area contributed by atoms with E-state index in [2.05, 4.69) is 20.6 Å².